The molecule has 0 bridgehead atoms. The summed E-state index contributed by atoms with van der Waals surface area (Å²) in [7, 11) is 5.82. The van der Waals surface area contributed by atoms with E-state index in [1.165, 1.54) is 10.4 Å². The van der Waals surface area contributed by atoms with Gasteiger partial charge < -0.3 is 10.2 Å². The van der Waals surface area contributed by atoms with Crippen molar-refractivity contribution < 1.29 is 0 Å². The topological polar surface area (TPSA) is 58.3 Å². The van der Waals surface area contributed by atoms with E-state index in [0.717, 1.165) is 29.8 Å². The van der Waals surface area contributed by atoms with Crippen LogP contribution in [-0.2, 0) is 20.1 Å². The van der Waals surface area contributed by atoms with Crippen molar-refractivity contribution in [2.45, 2.75) is 39.8 Å². The van der Waals surface area contributed by atoms with E-state index < -0.39 is 0 Å². The van der Waals surface area contributed by atoms with Crippen LogP contribution in [-0.4, -0.2) is 39.7 Å². The van der Waals surface area contributed by atoms with Gasteiger partial charge in [0.2, 0.25) is 0 Å². The van der Waals surface area contributed by atoms with Crippen LogP contribution in [0.2, 0.25) is 0 Å². The van der Waals surface area contributed by atoms with Gasteiger partial charge in [0, 0.05) is 50.5 Å². The largest absolute Gasteiger partial charge is 0.351 e. The molecule has 134 valence electrons. The van der Waals surface area contributed by atoms with Crippen LogP contribution in [0.15, 0.2) is 17.4 Å². The molecule has 0 aliphatic carbocycles. The second kappa shape index (κ2) is 9.36. The van der Waals surface area contributed by atoms with Crippen LogP contribution in [0.4, 0.5) is 0 Å². The number of nitrogens with zero attached hydrogens (tertiary/aromatic N) is 5. The lowest BCUT2D eigenvalue weighted by Gasteiger charge is -2.22. The Balaban J connectivity index is 0.00000288. The first-order chi connectivity index (χ1) is 10.9. The highest BCUT2D eigenvalue weighted by Gasteiger charge is 2.15. The number of aromatic nitrogens is 3. The molecule has 0 spiro atoms. The molecule has 0 fully saturated rings. The molecule has 2 aromatic heterocycles. The highest BCUT2D eigenvalue weighted by Crippen LogP contribution is 2.18. The predicted octanol–water partition coefficient (Wildman–Crippen LogP) is 3.13. The fourth-order valence-corrected chi connectivity index (χ4v) is 3.27. The van der Waals surface area contributed by atoms with Gasteiger partial charge in [-0.15, -0.1) is 35.3 Å². The SMILES string of the molecule is CN=C(NCc1cnc(C)s1)N(C)Cc1cn(C)nc1C(C)C.I. The Bertz CT molecular complexity index is 676. The van der Waals surface area contributed by atoms with E-state index in [2.05, 4.69) is 45.3 Å². The minimum atomic E-state index is 0. The van der Waals surface area contributed by atoms with Gasteiger partial charge in [0.25, 0.3) is 0 Å². The van der Waals surface area contributed by atoms with Crippen LogP contribution in [0.3, 0.4) is 0 Å². The van der Waals surface area contributed by atoms with Gasteiger partial charge in [0.1, 0.15) is 0 Å². The van der Waals surface area contributed by atoms with Crippen LogP contribution in [0.5, 0.6) is 0 Å². The molecule has 6 nitrogen and oxygen atoms in total. The molecule has 1 N–H and O–H groups in total. The third-order valence-corrected chi connectivity index (χ3v) is 4.47. The van der Waals surface area contributed by atoms with Gasteiger partial charge in [-0.1, -0.05) is 13.8 Å². The molecule has 0 radical (unpaired) electrons. The number of halogens is 1. The van der Waals surface area contributed by atoms with E-state index >= 15 is 0 Å². The number of aryl methyl sites for hydroxylation is 2. The molecule has 24 heavy (non-hydrogen) atoms. The molecule has 2 aromatic rings. The van der Waals surface area contributed by atoms with Crippen molar-refractivity contribution in [1.29, 1.82) is 0 Å². The molecule has 0 saturated carbocycles. The third-order valence-electron chi connectivity index (χ3n) is 3.55. The number of hydrogen-bond acceptors (Lipinski definition) is 4. The Morgan fingerprint density at radius 3 is 2.71 bits per heavy atom. The molecule has 0 aliphatic heterocycles. The average molecular weight is 462 g/mol. The Labute approximate surface area is 165 Å². The van der Waals surface area contributed by atoms with Crippen molar-refractivity contribution >= 4 is 41.3 Å². The summed E-state index contributed by atoms with van der Waals surface area (Å²) in [6.07, 6.45) is 4.00. The summed E-state index contributed by atoms with van der Waals surface area (Å²) in [5.74, 6) is 1.28. The van der Waals surface area contributed by atoms with Crippen molar-refractivity contribution in [3.8, 4) is 0 Å². The van der Waals surface area contributed by atoms with Crippen LogP contribution in [0.25, 0.3) is 0 Å². The number of aliphatic imine (C=N–C) groups is 1. The maximum atomic E-state index is 4.57. The van der Waals surface area contributed by atoms with E-state index in [1.54, 1.807) is 11.3 Å². The zero-order valence-electron chi connectivity index (χ0n) is 15.2. The molecule has 0 aromatic carbocycles. The Hall–Kier alpha value is -1.16. The number of hydrogen-bond donors (Lipinski definition) is 1. The van der Waals surface area contributed by atoms with Crippen LogP contribution in [0.1, 0.15) is 40.9 Å². The molecule has 2 heterocycles. The summed E-state index contributed by atoms with van der Waals surface area (Å²) in [5, 5.41) is 9.05. The molecule has 8 heteroatoms. The Morgan fingerprint density at radius 1 is 1.46 bits per heavy atom. The second-order valence-electron chi connectivity index (χ2n) is 5.97. The van der Waals surface area contributed by atoms with Crippen LogP contribution < -0.4 is 5.32 Å². The lowest BCUT2D eigenvalue weighted by Crippen LogP contribution is -2.38. The average Bonchev–Trinajstić information content (AvgIpc) is 3.05. The number of thiazole rings is 1. The van der Waals surface area contributed by atoms with E-state index in [-0.39, 0.29) is 24.0 Å². The summed E-state index contributed by atoms with van der Waals surface area (Å²) >= 11 is 1.71. The Kier molecular flexibility index (Phi) is 8.14. The molecule has 0 saturated heterocycles. The summed E-state index contributed by atoms with van der Waals surface area (Å²) in [5.41, 5.74) is 2.38. The van der Waals surface area contributed by atoms with Crippen molar-refractivity contribution in [2.75, 3.05) is 14.1 Å². The molecule has 0 amide bonds. The smallest absolute Gasteiger partial charge is 0.193 e. The molecule has 0 unspecified atom stereocenters. The summed E-state index contributed by atoms with van der Waals surface area (Å²) in [4.78, 5) is 12.0. The summed E-state index contributed by atoms with van der Waals surface area (Å²) in [6, 6.07) is 0. The van der Waals surface area contributed by atoms with Gasteiger partial charge in [-0.3, -0.25) is 9.67 Å². The predicted molar refractivity (Wildman–Crippen MR) is 111 cm³/mol. The van der Waals surface area contributed by atoms with E-state index in [0.29, 0.717) is 5.92 Å². The summed E-state index contributed by atoms with van der Waals surface area (Å²) in [6.45, 7) is 7.89. The van der Waals surface area contributed by atoms with Crippen molar-refractivity contribution in [2.24, 2.45) is 12.0 Å². The first-order valence-electron chi connectivity index (χ1n) is 7.76. The van der Waals surface area contributed by atoms with Crippen molar-refractivity contribution in [3.63, 3.8) is 0 Å². The van der Waals surface area contributed by atoms with Crippen molar-refractivity contribution in [3.05, 3.63) is 33.5 Å². The number of nitrogens with one attached hydrogen (secondary N) is 1. The molecule has 0 aliphatic rings. The molecular formula is C16H27IN6S. The van der Waals surface area contributed by atoms with Gasteiger partial charge in [-0.25, -0.2) is 4.98 Å². The molecule has 0 atom stereocenters. The second-order valence-corrected chi connectivity index (χ2v) is 7.29. The van der Waals surface area contributed by atoms with Crippen LogP contribution >= 0.6 is 35.3 Å². The number of guanidine groups is 1. The standard InChI is InChI=1S/C16H26N6S.HI/c1-11(2)15-13(10-22(6)20-15)9-21(5)16(17-4)19-8-14-7-18-12(3)23-14;/h7,10-11H,8-9H2,1-6H3,(H,17,19);1H. The van der Waals surface area contributed by atoms with Gasteiger partial charge in [0.15, 0.2) is 5.96 Å². The van der Waals surface area contributed by atoms with Gasteiger partial charge >= 0.3 is 0 Å². The van der Waals surface area contributed by atoms with E-state index in [9.17, 15) is 0 Å². The summed E-state index contributed by atoms with van der Waals surface area (Å²) < 4.78 is 1.88. The van der Waals surface area contributed by atoms with Gasteiger partial charge in [-0.2, -0.15) is 5.10 Å². The Morgan fingerprint density at radius 2 is 2.17 bits per heavy atom. The normalized spacial score (nSPS) is 11.5. The number of rotatable bonds is 5. The zero-order chi connectivity index (χ0) is 17.0. The first-order valence-corrected chi connectivity index (χ1v) is 8.57. The maximum absolute atomic E-state index is 4.57. The quantitative estimate of drug-likeness (QED) is 0.422. The minimum absolute atomic E-state index is 0. The van der Waals surface area contributed by atoms with Crippen LogP contribution in [0, 0.1) is 6.92 Å². The fourth-order valence-electron chi connectivity index (χ4n) is 2.53. The monoisotopic (exact) mass is 462 g/mol. The molecule has 2 rings (SSSR count). The van der Waals surface area contributed by atoms with Crippen molar-refractivity contribution in [1.82, 2.24) is 25.0 Å². The maximum Gasteiger partial charge on any atom is 0.193 e. The zero-order valence-corrected chi connectivity index (χ0v) is 18.3. The van der Waals surface area contributed by atoms with Gasteiger partial charge in [0.05, 0.1) is 17.2 Å². The first kappa shape index (κ1) is 20.9. The lowest BCUT2D eigenvalue weighted by molar-refractivity contribution is 0.473. The molecular weight excluding hydrogens is 435 g/mol. The minimum Gasteiger partial charge on any atom is -0.351 e. The fraction of sp³-hybridized carbons (Fsp3) is 0.562. The third kappa shape index (κ3) is 5.44. The highest BCUT2D eigenvalue weighted by molar-refractivity contribution is 14.0. The van der Waals surface area contributed by atoms with E-state index in [1.807, 2.05) is 38.9 Å². The lowest BCUT2D eigenvalue weighted by atomic mass is 10.1. The van der Waals surface area contributed by atoms with E-state index in [4.69, 9.17) is 0 Å². The highest BCUT2D eigenvalue weighted by atomic mass is 127. The van der Waals surface area contributed by atoms with Gasteiger partial charge in [-0.05, 0) is 12.8 Å².